The van der Waals surface area contributed by atoms with Gasteiger partial charge in [0.1, 0.15) is 0 Å². The highest BCUT2D eigenvalue weighted by atomic mass is 32.1. The minimum atomic E-state index is -0.358. The summed E-state index contributed by atoms with van der Waals surface area (Å²) in [5.41, 5.74) is 5.71. The molecule has 0 saturated heterocycles. The van der Waals surface area contributed by atoms with E-state index in [1.54, 1.807) is 0 Å². The second-order valence-electron chi connectivity index (χ2n) is 3.11. The van der Waals surface area contributed by atoms with E-state index in [1.165, 1.54) is 11.3 Å². The average molecular weight is 183 g/mol. The van der Waals surface area contributed by atoms with Gasteiger partial charge in [-0.1, -0.05) is 19.9 Å². The number of rotatable bonds is 3. The first-order valence-corrected chi connectivity index (χ1v) is 4.84. The minimum absolute atomic E-state index is 0.0556. The maximum atomic E-state index is 11.5. The van der Waals surface area contributed by atoms with Crippen LogP contribution in [0.5, 0.6) is 0 Å². The van der Waals surface area contributed by atoms with Crippen molar-refractivity contribution in [1.82, 2.24) is 0 Å². The van der Waals surface area contributed by atoms with Crippen molar-refractivity contribution in [3.8, 4) is 0 Å². The summed E-state index contributed by atoms with van der Waals surface area (Å²) in [6.45, 7) is 3.91. The summed E-state index contributed by atoms with van der Waals surface area (Å²) in [6, 6.07) is 3.32. The first-order valence-electron chi connectivity index (χ1n) is 3.96. The third-order valence-electron chi connectivity index (χ3n) is 1.79. The zero-order chi connectivity index (χ0) is 9.14. The fourth-order valence-corrected chi connectivity index (χ4v) is 1.60. The zero-order valence-corrected chi connectivity index (χ0v) is 8.10. The Balaban J connectivity index is 2.72. The monoisotopic (exact) mass is 183 g/mol. The van der Waals surface area contributed by atoms with E-state index >= 15 is 0 Å². The third-order valence-corrected chi connectivity index (χ3v) is 2.67. The molecule has 1 heterocycles. The van der Waals surface area contributed by atoms with Crippen LogP contribution >= 0.6 is 11.3 Å². The van der Waals surface area contributed by atoms with Crippen LogP contribution in [0.25, 0.3) is 0 Å². The van der Waals surface area contributed by atoms with Crippen molar-refractivity contribution in [2.45, 2.75) is 19.9 Å². The summed E-state index contributed by atoms with van der Waals surface area (Å²) in [6.07, 6.45) is 0. The number of nitrogens with two attached hydrogens (primary N) is 1. The molecule has 0 amide bonds. The van der Waals surface area contributed by atoms with E-state index in [4.69, 9.17) is 5.73 Å². The number of ketones is 1. The lowest BCUT2D eigenvalue weighted by molar-refractivity contribution is 0.0944. The van der Waals surface area contributed by atoms with E-state index in [0.29, 0.717) is 0 Å². The van der Waals surface area contributed by atoms with E-state index in [2.05, 4.69) is 0 Å². The summed E-state index contributed by atoms with van der Waals surface area (Å²) in [5.74, 6) is 0.264. The molecule has 2 nitrogen and oxygen atoms in total. The normalized spacial score (nSPS) is 13.3. The Morgan fingerprint density at radius 3 is 2.67 bits per heavy atom. The Hall–Kier alpha value is -0.670. The predicted molar refractivity (Wildman–Crippen MR) is 51.5 cm³/mol. The number of thiophene rings is 1. The Bertz CT molecular complexity index is 254. The van der Waals surface area contributed by atoms with Gasteiger partial charge in [0.25, 0.3) is 0 Å². The molecule has 1 atom stereocenters. The molecule has 2 N–H and O–H groups in total. The SMILES string of the molecule is CC(C)[C@H](N)C(=O)c1cccs1. The molecule has 0 aliphatic rings. The quantitative estimate of drug-likeness (QED) is 0.727. The van der Waals surface area contributed by atoms with Crippen LogP contribution in [0.15, 0.2) is 17.5 Å². The van der Waals surface area contributed by atoms with Gasteiger partial charge in [-0.15, -0.1) is 11.3 Å². The number of Topliss-reactive ketones (excluding diaryl/α,β-unsaturated/α-hetero) is 1. The molecule has 0 aliphatic heterocycles. The van der Waals surface area contributed by atoms with Crippen LogP contribution in [0.2, 0.25) is 0 Å². The number of hydrogen-bond donors (Lipinski definition) is 1. The Morgan fingerprint density at radius 2 is 2.25 bits per heavy atom. The molecule has 66 valence electrons. The fraction of sp³-hybridized carbons (Fsp3) is 0.444. The van der Waals surface area contributed by atoms with E-state index in [1.807, 2.05) is 31.4 Å². The van der Waals surface area contributed by atoms with Gasteiger partial charge >= 0.3 is 0 Å². The second-order valence-corrected chi connectivity index (χ2v) is 4.06. The van der Waals surface area contributed by atoms with Crippen molar-refractivity contribution in [3.63, 3.8) is 0 Å². The van der Waals surface area contributed by atoms with Crippen LogP contribution in [0.4, 0.5) is 0 Å². The van der Waals surface area contributed by atoms with Gasteiger partial charge in [0, 0.05) is 0 Å². The summed E-state index contributed by atoms with van der Waals surface area (Å²) in [5, 5.41) is 1.89. The topological polar surface area (TPSA) is 43.1 Å². The van der Waals surface area contributed by atoms with Crippen molar-refractivity contribution in [3.05, 3.63) is 22.4 Å². The second kappa shape index (κ2) is 3.83. The third kappa shape index (κ3) is 1.93. The Morgan fingerprint density at radius 1 is 1.58 bits per heavy atom. The molecular weight excluding hydrogens is 170 g/mol. The molecule has 0 fully saturated rings. The molecule has 0 aromatic carbocycles. The first kappa shape index (κ1) is 9.42. The molecule has 1 aromatic rings. The highest BCUT2D eigenvalue weighted by molar-refractivity contribution is 7.12. The Kier molecular flexibility index (Phi) is 3.00. The Labute approximate surface area is 76.4 Å². The van der Waals surface area contributed by atoms with Crippen LogP contribution in [0.3, 0.4) is 0 Å². The maximum Gasteiger partial charge on any atom is 0.189 e. The standard InChI is InChI=1S/C9H13NOS/c1-6(2)8(10)9(11)7-4-3-5-12-7/h3-6,8H,10H2,1-2H3/t8-/m0/s1. The van der Waals surface area contributed by atoms with E-state index in [9.17, 15) is 4.79 Å². The van der Waals surface area contributed by atoms with Gasteiger partial charge in [0.15, 0.2) is 5.78 Å². The van der Waals surface area contributed by atoms with Gasteiger partial charge in [0.2, 0.25) is 0 Å². The summed E-state index contributed by atoms with van der Waals surface area (Å²) in [4.78, 5) is 12.3. The highest BCUT2D eigenvalue weighted by Crippen LogP contribution is 2.13. The fourth-order valence-electron chi connectivity index (χ4n) is 0.886. The molecule has 0 radical (unpaired) electrons. The molecule has 0 spiro atoms. The molecule has 12 heavy (non-hydrogen) atoms. The van der Waals surface area contributed by atoms with E-state index < -0.39 is 0 Å². The lowest BCUT2D eigenvalue weighted by Crippen LogP contribution is -2.35. The molecule has 0 saturated carbocycles. The van der Waals surface area contributed by atoms with Crippen LogP contribution < -0.4 is 5.73 Å². The molecular formula is C9H13NOS. The molecule has 0 unspecified atom stereocenters. The minimum Gasteiger partial charge on any atom is -0.321 e. The lowest BCUT2D eigenvalue weighted by Gasteiger charge is -2.12. The van der Waals surface area contributed by atoms with Crippen LogP contribution in [0.1, 0.15) is 23.5 Å². The van der Waals surface area contributed by atoms with Crippen molar-refractivity contribution >= 4 is 17.1 Å². The van der Waals surface area contributed by atoms with Gasteiger partial charge in [-0.3, -0.25) is 4.79 Å². The smallest absolute Gasteiger partial charge is 0.189 e. The van der Waals surface area contributed by atoms with Crippen molar-refractivity contribution in [2.24, 2.45) is 11.7 Å². The van der Waals surface area contributed by atoms with Crippen molar-refractivity contribution < 1.29 is 4.79 Å². The van der Waals surface area contributed by atoms with Gasteiger partial charge in [-0.05, 0) is 17.4 Å². The number of carbonyl (C=O) groups is 1. The predicted octanol–water partition coefficient (Wildman–Crippen LogP) is 1.91. The molecule has 3 heteroatoms. The summed E-state index contributed by atoms with van der Waals surface area (Å²) in [7, 11) is 0. The van der Waals surface area contributed by atoms with Crippen LogP contribution in [0, 0.1) is 5.92 Å². The van der Waals surface area contributed by atoms with Gasteiger partial charge < -0.3 is 5.73 Å². The lowest BCUT2D eigenvalue weighted by atomic mass is 10.0. The summed E-state index contributed by atoms with van der Waals surface area (Å²) >= 11 is 1.45. The van der Waals surface area contributed by atoms with Crippen molar-refractivity contribution in [2.75, 3.05) is 0 Å². The van der Waals surface area contributed by atoms with Crippen LogP contribution in [-0.2, 0) is 0 Å². The first-order chi connectivity index (χ1) is 5.63. The molecule has 1 aromatic heterocycles. The highest BCUT2D eigenvalue weighted by Gasteiger charge is 2.19. The molecule has 1 rings (SSSR count). The van der Waals surface area contributed by atoms with E-state index in [-0.39, 0.29) is 17.7 Å². The van der Waals surface area contributed by atoms with E-state index in [0.717, 1.165) is 4.88 Å². The largest absolute Gasteiger partial charge is 0.321 e. The van der Waals surface area contributed by atoms with Crippen LogP contribution in [-0.4, -0.2) is 11.8 Å². The van der Waals surface area contributed by atoms with Crippen molar-refractivity contribution in [1.29, 1.82) is 0 Å². The molecule has 0 aliphatic carbocycles. The average Bonchev–Trinajstić information content (AvgIpc) is 2.53. The van der Waals surface area contributed by atoms with Gasteiger partial charge in [0.05, 0.1) is 10.9 Å². The van der Waals surface area contributed by atoms with Gasteiger partial charge in [-0.25, -0.2) is 0 Å². The summed E-state index contributed by atoms with van der Waals surface area (Å²) < 4.78 is 0. The number of carbonyl (C=O) groups excluding carboxylic acids is 1. The molecule has 0 bridgehead atoms. The van der Waals surface area contributed by atoms with Gasteiger partial charge in [-0.2, -0.15) is 0 Å². The maximum absolute atomic E-state index is 11.5. The number of hydrogen-bond acceptors (Lipinski definition) is 3. The zero-order valence-electron chi connectivity index (χ0n) is 7.28.